The van der Waals surface area contributed by atoms with Crippen molar-refractivity contribution in [3.05, 3.63) is 20.8 Å². The van der Waals surface area contributed by atoms with Crippen molar-refractivity contribution in [1.82, 2.24) is 0 Å². The summed E-state index contributed by atoms with van der Waals surface area (Å²) in [7, 11) is 0. The van der Waals surface area contributed by atoms with E-state index in [1.807, 2.05) is 11.4 Å². The van der Waals surface area contributed by atoms with Gasteiger partial charge in [0.2, 0.25) is 0 Å². The van der Waals surface area contributed by atoms with Gasteiger partial charge in [-0.2, -0.15) is 0 Å². The summed E-state index contributed by atoms with van der Waals surface area (Å²) in [5.74, 6) is 0.289. The van der Waals surface area contributed by atoms with Crippen molar-refractivity contribution in [2.75, 3.05) is 0 Å². The average molecular weight is 303 g/mol. The van der Waals surface area contributed by atoms with Gasteiger partial charge in [-0.3, -0.25) is 4.79 Å². The second-order valence-electron chi connectivity index (χ2n) is 4.04. The minimum atomic E-state index is 0.289. The lowest BCUT2D eigenvalue weighted by molar-refractivity contribution is 0.0982. The van der Waals surface area contributed by atoms with Gasteiger partial charge in [-0.25, -0.2) is 0 Å². The van der Waals surface area contributed by atoms with Gasteiger partial charge in [-0.05, 0) is 33.8 Å². The minimum Gasteiger partial charge on any atom is -0.293 e. The van der Waals surface area contributed by atoms with Crippen LogP contribution < -0.4 is 0 Å². The first-order valence-electron chi connectivity index (χ1n) is 6.02. The van der Waals surface area contributed by atoms with Crippen LogP contribution in [0.5, 0.6) is 0 Å². The third kappa shape index (κ3) is 4.79. The lowest BCUT2D eigenvalue weighted by Crippen LogP contribution is -1.96. The zero-order valence-corrected chi connectivity index (χ0v) is 12.2. The highest BCUT2D eigenvalue weighted by molar-refractivity contribution is 9.10. The molecule has 0 aliphatic carbocycles. The topological polar surface area (TPSA) is 17.1 Å². The zero-order chi connectivity index (χ0) is 11.8. The van der Waals surface area contributed by atoms with Crippen molar-refractivity contribution in [2.45, 2.75) is 51.9 Å². The van der Waals surface area contributed by atoms with Crippen molar-refractivity contribution >= 4 is 33.0 Å². The molecule has 1 nitrogen and oxygen atoms in total. The van der Waals surface area contributed by atoms with E-state index in [0.29, 0.717) is 6.42 Å². The van der Waals surface area contributed by atoms with Crippen molar-refractivity contribution < 1.29 is 4.79 Å². The first-order chi connectivity index (χ1) is 7.75. The fourth-order valence-electron chi connectivity index (χ4n) is 1.67. The van der Waals surface area contributed by atoms with Crippen molar-refractivity contribution in [2.24, 2.45) is 0 Å². The predicted molar refractivity (Wildman–Crippen MR) is 74.3 cm³/mol. The monoisotopic (exact) mass is 302 g/mol. The second-order valence-corrected chi connectivity index (χ2v) is 5.81. The number of unbranched alkanes of at least 4 members (excludes halogenated alkanes) is 5. The zero-order valence-electron chi connectivity index (χ0n) is 9.80. The summed E-state index contributed by atoms with van der Waals surface area (Å²) in [6, 6.07) is 1.94. The molecule has 0 atom stereocenters. The molecule has 0 N–H and O–H groups in total. The third-order valence-electron chi connectivity index (χ3n) is 2.63. The summed E-state index contributed by atoms with van der Waals surface area (Å²) in [4.78, 5) is 12.7. The van der Waals surface area contributed by atoms with Gasteiger partial charge in [0, 0.05) is 10.9 Å². The van der Waals surface area contributed by atoms with Gasteiger partial charge in [0.25, 0.3) is 0 Å². The lowest BCUT2D eigenvalue weighted by Gasteiger charge is -2.00. The Hall–Kier alpha value is -0.150. The SMILES string of the molecule is CCCCCCCCC(=O)c1sccc1Br. The number of rotatable bonds is 8. The maximum atomic E-state index is 11.8. The first kappa shape index (κ1) is 13.9. The van der Waals surface area contributed by atoms with Crippen LogP contribution in [0.25, 0.3) is 0 Å². The molecule has 0 saturated carbocycles. The van der Waals surface area contributed by atoms with Crippen molar-refractivity contribution in [3.8, 4) is 0 Å². The molecule has 1 aromatic heterocycles. The normalized spacial score (nSPS) is 10.6. The molecule has 0 spiro atoms. The summed E-state index contributed by atoms with van der Waals surface area (Å²) in [6.07, 6.45) is 8.11. The second kappa shape index (κ2) is 8.02. The van der Waals surface area contributed by atoms with Gasteiger partial charge in [0.05, 0.1) is 4.88 Å². The van der Waals surface area contributed by atoms with Gasteiger partial charge in [0.15, 0.2) is 5.78 Å². The van der Waals surface area contributed by atoms with E-state index in [0.717, 1.165) is 15.8 Å². The number of hydrogen-bond donors (Lipinski definition) is 0. The van der Waals surface area contributed by atoms with Crippen LogP contribution in [0.1, 0.15) is 61.5 Å². The molecule has 0 aromatic carbocycles. The van der Waals surface area contributed by atoms with E-state index < -0.39 is 0 Å². The summed E-state index contributed by atoms with van der Waals surface area (Å²) in [5, 5.41) is 1.96. The van der Waals surface area contributed by atoms with Gasteiger partial charge in [-0.15, -0.1) is 11.3 Å². The summed E-state index contributed by atoms with van der Waals surface area (Å²) < 4.78 is 0.952. The highest BCUT2D eigenvalue weighted by atomic mass is 79.9. The average Bonchev–Trinajstić information content (AvgIpc) is 2.69. The van der Waals surface area contributed by atoms with E-state index in [1.54, 1.807) is 0 Å². The molecule has 0 fully saturated rings. The molecule has 0 radical (unpaired) electrons. The Morgan fingerprint density at radius 2 is 1.94 bits per heavy atom. The molecule has 90 valence electrons. The van der Waals surface area contributed by atoms with Gasteiger partial charge in [-0.1, -0.05) is 39.0 Å². The number of ketones is 1. The van der Waals surface area contributed by atoms with Crippen LogP contribution in [0, 0.1) is 0 Å². The van der Waals surface area contributed by atoms with E-state index in [1.165, 1.54) is 43.4 Å². The number of thiophene rings is 1. The van der Waals surface area contributed by atoms with Crippen LogP contribution >= 0.6 is 27.3 Å². The van der Waals surface area contributed by atoms with Crippen LogP contribution in [-0.2, 0) is 0 Å². The Kier molecular flexibility index (Phi) is 6.97. The lowest BCUT2D eigenvalue weighted by atomic mass is 10.1. The molecule has 0 amide bonds. The smallest absolute Gasteiger partial charge is 0.173 e. The molecule has 0 aliphatic rings. The molecular weight excluding hydrogens is 284 g/mol. The third-order valence-corrected chi connectivity index (χ3v) is 4.51. The summed E-state index contributed by atoms with van der Waals surface area (Å²) in [6.45, 7) is 2.22. The Labute approximate surface area is 110 Å². The number of carbonyl (C=O) groups excluding carboxylic acids is 1. The molecule has 3 heteroatoms. The van der Waals surface area contributed by atoms with Crippen LogP contribution in [-0.4, -0.2) is 5.78 Å². The highest BCUT2D eigenvalue weighted by Gasteiger charge is 2.10. The summed E-state index contributed by atoms with van der Waals surface area (Å²) >= 11 is 4.93. The maximum absolute atomic E-state index is 11.8. The molecule has 0 unspecified atom stereocenters. The van der Waals surface area contributed by atoms with Crippen LogP contribution in [0.15, 0.2) is 15.9 Å². The minimum absolute atomic E-state index is 0.289. The van der Waals surface area contributed by atoms with Gasteiger partial charge < -0.3 is 0 Å². The molecular formula is C13H19BrOS. The Morgan fingerprint density at radius 1 is 1.25 bits per heavy atom. The summed E-state index contributed by atoms with van der Waals surface area (Å²) in [5.41, 5.74) is 0. The number of Topliss-reactive ketones (excluding diaryl/α,β-unsaturated/α-hetero) is 1. The molecule has 16 heavy (non-hydrogen) atoms. The van der Waals surface area contributed by atoms with Gasteiger partial charge >= 0.3 is 0 Å². The van der Waals surface area contributed by atoms with E-state index in [2.05, 4.69) is 22.9 Å². The molecule has 1 heterocycles. The fraction of sp³-hybridized carbons (Fsp3) is 0.615. The van der Waals surface area contributed by atoms with E-state index in [4.69, 9.17) is 0 Å². The van der Waals surface area contributed by atoms with Crippen molar-refractivity contribution in [3.63, 3.8) is 0 Å². The van der Waals surface area contributed by atoms with Crippen LogP contribution in [0.4, 0.5) is 0 Å². The van der Waals surface area contributed by atoms with Crippen molar-refractivity contribution in [1.29, 1.82) is 0 Å². The van der Waals surface area contributed by atoms with Crippen LogP contribution in [0.2, 0.25) is 0 Å². The Morgan fingerprint density at radius 3 is 2.56 bits per heavy atom. The molecule has 0 saturated heterocycles. The van der Waals surface area contributed by atoms with Crippen LogP contribution in [0.3, 0.4) is 0 Å². The van der Waals surface area contributed by atoms with Gasteiger partial charge in [0.1, 0.15) is 0 Å². The predicted octanol–water partition coefficient (Wildman–Crippen LogP) is 5.44. The number of hydrogen-bond acceptors (Lipinski definition) is 2. The molecule has 1 aromatic rings. The quantitative estimate of drug-likeness (QED) is 0.461. The first-order valence-corrected chi connectivity index (χ1v) is 7.69. The number of carbonyl (C=O) groups is 1. The molecule has 1 rings (SSSR count). The van der Waals surface area contributed by atoms with E-state index in [9.17, 15) is 4.79 Å². The largest absolute Gasteiger partial charge is 0.293 e. The molecule has 0 aliphatic heterocycles. The number of halogens is 1. The Balaban J connectivity index is 2.14. The van der Waals surface area contributed by atoms with E-state index >= 15 is 0 Å². The maximum Gasteiger partial charge on any atom is 0.173 e. The standard InChI is InChI=1S/C13H19BrOS/c1-2-3-4-5-6-7-8-12(15)13-11(14)9-10-16-13/h9-10H,2-8H2,1H3. The van der Waals surface area contributed by atoms with E-state index in [-0.39, 0.29) is 5.78 Å². The highest BCUT2D eigenvalue weighted by Crippen LogP contribution is 2.24. The Bertz CT molecular complexity index is 319. The fourth-order valence-corrected chi connectivity index (χ4v) is 3.24. The molecule has 0 bridgehead atoms.